The third-order valence-corrected chi connectivity index (χ3v) is 4.45. The van der Waals surface area contributed by atoms with Gasteiger partial charge in [0.25, 0.3) is 5.91 Å². The molecule has 5 heteroatoms. The molecule has 130 valence electrons. The van der Waals surface area contributed by atoms with Gasteiger partial charge >= 0.3 is 0 Å². The van der Waals surface area contributed by atoms with Gasteiger partial charge in [-0.3, -0.25) is 9.59 Å². The van der Waals surface area contributed by atoms with Crippen molar-refractivity contribution < 1.29 is 14.3 Å². The topological polar surface area (TPSA) is 81.4 Å². The summed E-state index contributed by atoms with van der Waals surface area (Å²) in [7, 11) is 0. The molecule has 0 saturated heterocycles. The van der Waals surface area contributed by atoms with Gasteiger partial charge in [0.15, 0.2) is 6.10 Å². The molecule has 3 N–H and O–H groups in total. The number of hydrogen-bond donors (Lipinski definition) is 2. The first-order valence-electron chi connectivity index (χ1n) is 8.56. The molecule has 0 spiro atoms. The van der Waals surface area contributed by atoms with Gasteiger partial charge in [-0.25, -0.2) is 0 Å². The average Bonchev–Trinajstić information content (AvgIpc) is 3.07. The van der Waals surface area contributed by atoms with E-state index < -0.39 is 12.0 Å². The Labute approximate surface area is 147 Å². The molecule has 3 rings (SSSR count). The number of anilines is 1. The van der Waals surface area contributed by atoms with E-state index in [-0.39, 0.29) is 5.91 Å². The maximum atomic E-state index is 12.5. The SMILES string of the molecule is CC[C@H](Oc1ccc2c(c1)CCC2)C(=O)Nc1ccc(C(N)=O)cc1. The van der Waals surface area contributed by atoms with Crippen molar-refractivity contribution in [1.29, 1.82) is 0 Å². The maximum Gasteiger partial charge on any atom is 0.265 e. The second-order valence-corrected chi connectivity index (χ2v) is 6.23. The number of aryl methyl sites for hydroxylation is 2. The van der Waals surface area contributed by atoms with Crippen molar-refractivity contribution >= 4 is 17.5 Å². The number of amides is 2. The van der Waals surface area contributed by atoms with Crippen LogP contribution < -0.4 is 15.8 Å². The first-order valence-corrected chi connectivity index (χ1v) is 8.56. The van der Waals surface area contributed by atoms with Gasteiger partial charge < -0.3 is 15.8 Å². The Bertz CT molecular complexity index is 784. The van der Waals surface area contributed by atoms with Gasteiger partial charge in [0.05, 0.1) is 0 Å². The monoisotopic (exact) mass is 338 g/mol. The molecule has 0 bridgehead atoms. The minimum atomic E-state index is -0.574. The molecule has 1 atom stereocenters. The van der Waals surface area contributed by atoms with Crippen LogP contribution >= 0.6 is 0 Å². The van der Waals surface area contributed by atoms with Crippen molar-refractivity contribution in [3.05, 3.63) is 59.2 Å². The Morgan fingerprint density at radius 3 is 2.52 bits per heavy atom. The first-order chi connectivity index (χ1) is 12.1. The van der Waals surface area contributed by atoms with Crippen LogP contribution in [0.2, 0.25) is 0 Å². The molecule has 2 aromatic carbocycles. The summed E-state index contributed by atoms with van der Waals surface area (Å²) in [6, 6.07) is 12.5. The lowest BCUT2D eigenvalue weighted by atomic mass is 10.1. The van der Waals surface area contributed by atoms with Crippen molar-refractivity contribution in [2.24, 2.45) is 5.73 Å². The Morgan fingerprint density at radius 2 is 1.84 bits per heavy atom. The number of ether oxygens (including phenoxy) is 1. The van der Waals surface area contributed by atoms with Crippen molar-refractivity contribution in [3.8, 4) is 5.75 Å². The number of rotatable bonds is 6. The molecule has 1 aliphatic carbocycles. The fourth-order valence-corrected chi connectivity index (χ4v) is 3.05. The summed E-state index contributed by atoms with van der Waals surface area (Å²) in [4.78, 5) is 23.6. The zero-order valence-corrected chi connectivity index (χ0v) is 14.2. The predicted molar refractivity (Wildman–Crippen MR) is 96.8 cm³/mol. The lowest BCUT2D eigenvalue weighted by Crippen LogP contribution is -2.32. The summed E-state index contributed by atoms with van der Waals surface area (Å²) < 4.78 is 5.90. The standard InChI is InChI=1S/C20H22N2O3/c1-2-18(25-17-11-8-13-4-3-5-15(13)12-17)20(24)22-16-9-6-14(7-10-16)19(21)23/h6-12,18H,2-5H2,1H3,(H2,21,23)(H,22,24)/t18-/m0/s1. The maximum absolute atomic E-state index is 12.5. The Morgan fingerprint density at radius 1 is 1.12 bits per heavy atom. The molecule has 2 aromatic rings. The van der Waals surface area contributed by atoms with Crippen LogP contribution in [-0.4, -0.2) is 17.9 Å². The van der Waals surface area contributed by atoms with Gasteiger partial charge in [-0.05, 0) is 73.2 Å². The normalized spacial score (nSPS) is 13.8. The van der Waals surface area contributed by atoms with Crippen LogP contribution in [0, 0.1) is 0 Å². The summed E-state index contributed by atoms with van der Waals surface area (Å²) >= 11 is 0. The highest BCUT2D eigenvalue weighted by atomic mass is 16.5. The van der Waals surface area contributed by atoms with E-state index in [1.165, 1.54) is 17.5 Å². The van der Waals surface area contributed by atoms with E-state index in [2.05, 4.69) is 11.4 Å². The summed E-state index contributed by atoms with van der Waals surface area (Å²) in [6.07, 6.45) is 3.35. The number of carbonyl (C=O) groups excluding carboxylic acids is 2. The van der Waals surface area contributed by atoms with E-state index >= 15 is 0 Å². The highest BCUT2D eigenvalue weighted by Gasteiger charge is 2.20. The van der Waals surface area contributed by atoms with Crippen molar-refractivity contribution in [2.75, 3.05) is 5.32 Å². The minimum absolute atomic E-state index is 0.213. The highest BCUT2D eigenvalue weighted by molar-refractivity contribution is 5.96. The van der Waals surface area contributed by atoms with Crippen molar-refractivity contribution in [2.45, 2.75) is 38.7 Å². The molecule has 0 heterocycles. The third kappa shape index (κ3) is 3.99. The molecule has 0 radical (unpaired) electrons. The fourth-order valence-electron chi connectivity index (χ4n) is 3.05. The van der Waals surface area contributed by atoms with E-state index in [1.807, 2.05) is 19.1 Å². The quantitative estimate of drug-likeness (QED) is 0.849. The van der Waals surface area contributed by atoms with Crippen LogP contribution in [0.1, 0.15) is 41.3 Å². The Balaban J connectivity index is 1.65. The van der Waals surface area contributed by atoms with Gasteiger partial charge in [0.2, 0.25) is 5.91 Å². The number of hydrogen-bond acceptors (Lipinski definition) is 3. The number of carbonyl (C=O) groups is 2. The summed E-state index contributed by atoms with van der Waals surface area (Å²) in [5.41, 5.74) is 8.91. The van der Waals surface area contributed by atoms with E-state index in [9.17, 15) is 9.59 Å². The molecule has 0 fully saturated rings. The lowest BCUT2D eigenvalue weighted by Gasteiger charge is -2.18. The Hall–Kier alpha value is -2.82. The molecule has 5 nitrogen and oxygen atoms in total. The Kier molecular flexibility index (Phi) is 5.03. The lowest BCUT2D eigenvalue weighted by molar-refractivity contribution is -0.122. The number of benzene rings is 2. The number of nitrogens with one attached hydrogen (secondary N) is 1. The summed E-state index contributed by atoms with van der Waals surface area (Å²) in [5, 5.41) is 2.82. The van der Waals surface area contributed by atoms with E-state index in [0.29, 0.717) is 17.7 Å². The van der Waals surface area contributed by atoms with Crippen molar-refractivity contribution in [1.82, 2.24) is 0 Å². The summed E-state index contributed by atoms with van der Waals surface area (Å²) in [6.45, 7) is 1.91. The molecular weight excluding hydrogens is 316 g/mol. The van der Waals surface area contributed by atoms with Crippen LogP contribution in [0.3, 0.4) is 0 Å². The smallest absolute Gasteiger partial charge is 0.265 e. The van der Waals surface area contributed by atoms with Gasteiger partial charge in [-0.15, -0.1) is 0 Å². The number of nitrogens with two attached hydrogens (primary N) is 1. The fraction of sp³-hybridized carbons (Fsp3) is 0.300. The van der Waals surface area contributed by atoms with Crippen LogP contribution in [0.15, 0.2) is 42.5 Å². The average molecular weight is 338 g/mol. The molecule has 0 saturated carbocycles. The third-order valence-electron chi connectivity index (χ3n) is 4.45. The number of primary amides is 1. The van der Waals surface area contributed by atoms with Crippen LogP contribution in [0.5, 0.6) is 5.75 Å². The molecule has 0 aliphatic heterocycles. The second kappa shape index (κ2) is 7.38. The molecule has 25 heavy (non-hydrogen) atoms. The molecule has 1 aliphatic rings. The van der Waals surface area contributed by atoms with E-state index in [0.717, 1.165) is 18.6 Å². The van der Waals surface area contributed by atoms with Crippen LogP contribution in [0.4, 0.5) is 5.69 Å². The molecular formula is C20H22N2O3. The van der Waals surface area contributed by atoms with Crippen molar-refractivity contribution in [3.63, 3.8) is 0 Å². The second-order valence-electron chi connectivity index (χ2n) is 6.23. The largest absolute Gasteiger partial charge is 0.481 e. The molecule has 0 aromatic heterocycles. The molecule has 0 unspecified atom stereocenters. The van der Waals surface area contributed by atoms with Crippen LogP contribution in [0.25, 0.3) is 0 Å². The van der Waals surface area contributed by atoms with Crippen LogP contribution in [-0.2, 0) is 17.6 Å². The highest BCUT2D eigenvalue weighted by Crippen LogP contribution is 2.27. The number of fused-ring (bicyclic) bond motifs is 1. The zero-order chi connectivity index (χ0) is 17.8. The van der Waals surface area contributed by atoms with E-state index in [1.54, 1.807) is 24.3 Å². The molecule has 2 amide bonds. The zero-order valence-electron chi connectivity index (χ0n) is 14.2. The minimum Gasteiger partial charge on any atom is -0.481 e. The summed E-state index contributed by atoms with van der Waals surface area (Å²) in [5.74, 6) is 0.0193. The van der Waals surface area contributed by atoms with Gasteiger partial charge in [-0.1, -0.05) is 13.0 Å². The van der Waals surface area contributed by atoms with E-state index in [4.69, 9.17) is 10.5 Å². The predicted octanol–water partition coefficient (Wildman–Crippen LogP) is 3.07. The van der Waals surface area contributed by atoms with Gasteiger partial charge in [-0.2, -0.15) is 0 Å². The van der Waals surface area contributed by atoms with Gasteiger partial charge in [0, 0.05) is 11.3 Å². The first kappa shape index (κ1) is 17.0. The van der Waals surface area contributed by atoms with Gasteiger partial charge in [0.1, 0.15) is 5.75 Å².